The summed E-state index contributed by atoms with van der Waals surface area (Å²) >= 11 is 0.335. The van der Waals surface area contributed by atoms with Crippen molar-refractivity contribution in [3.05, 3.63) is 16.5 Å². The Balaban J connectivity index is 2.68. The number of fused-ring (bicyclic) bond motifs is 1. The molecule has 0 amide bonds. The SMILES string of the molecule is [2H]C([2H])([2H])C([2H])([2H])N(N=O)[C@H]1CN(CCCOC)S(=O)(=O)c2sc(S(N)(=O)=O)cc21. The van der Waals surface area contributed by atoms with E-state index in [2.05, 4.69) is 5.29 Å². The number of nitroso groups, excluding NO2 is 1. The molecule has 10 nitrogen and oxygen atoms in total. The fourth-order valence-corrected chi connectivity index (χ4v) is 6.69. The second kappa shape index (κ2) is 7.63. The van der Waals surface area contributed by atoms with Crippen LogP contribution in [-0.2, 0) is 24.8 Å². The topological polar surface area (TPSA) is 139 Å². The molecule has 0 aliphatic carbocycles. The first-order valence-corrected chi connectivity index (χ1v) is 10.7. The van der Waals surface area contributed by atoms with E-state index in [-0.39, 0.29) is 30.1 Å². The molecule has 0 radical (unpaired) electrons. The molecule has 0 fully saturated rings. The molecule has 1 aliphatic heterocycles. The molecule has 1 aromatic rings. The highest BCUT2D eigenvalue weighted by molar-refractivity contribution is 7.94. The molecule has 0 aromatic carbocycles. The van der Waals surface area contributed by atoms with Gasteiger partial charge in [0.1, 0.15) is 8.42 Å². The minimum Gasteiger partial charge on any atom is -0.385 e. The van der Waals surface area contributed by atoms with Crippen LogP contribution in [0.3, 0.4) is 0 Å². The van der Waals surface area contributed by atoms with E-state index in [1.807, 2.05) is 0 Å². The number of hydrogen-bond acceptors (Lipinski definition) is 8. The second-order valence-corrected chi connectivity index (χ2v) is 10.1. The lowest BCUT2D eigenvalue weighted by Gasteiger charge is -2.35. The molecule has 0 saturated carbocycles. The van der Waals surface area contributed by atoms with Crippen molar-refractivity contribution >= 4 is 31.4 Å². The summed E-state index contributed by atoms with van der Waals surface area (Å²) in [7, 11) is -7.13. The maximum atomic E-state index is 13.0. The Morgan fingerprint density at radius 3 is 2.92 bits per heavy atom. The zero-order valence-electron chi connectivity index (χ0n) is 18.1. The molecule has 0 spiro atoms. The van der Waals surface area contributed by atoms with Crippen LogP contribution in [0.15, 0.2) is 19.8 Å². The van der Waals surface area contributed by atoms with Gasteiger partial charge < -0.3 is 4.74 Å². The lowest BCUT2D eigenvalue weighted by Crippen LogP contribution is -2.44. The van der Waals surface area contributed by atoms with Gasteiger partial charge in [-0.15, -0.1) is 16.2 Å². The van der Waals surface area contributed by atoms with Crippen LogP contribution < -0.4 is 5.14 Å². The predicted molar refractivity (Wildman–Crippen MR) is 91.9 cm³/mol. The minimum absolute atomic E-state index is 0.0990. The Morgan fingerprint density at radius 2 is 2.36 bits per heavy atom. The summed E-state index contributed by atoms with van der Waals surface area (Å²) < 4.78 is 92.2. The van der Waals surface area contributed by atoms with E-state index >= 15 is 0 Å². The minimum atomic E-state index is -4.32. The van der Waals surface area contributed by atoms with Crippen LogP contribution in [0.4, 0.5) is 0 Å². The first kappa shape index (κ1) is 14.0. The first-order chi connectivity index (χ1) is 13.6. The Bertz CT molecular complexity index is 1010. The monoisotopic (exact) mass is 417 g/mol. The first-order valence-electron chi connectivity index (χ1n) is 9.37. The Kier molecular flexibility index (Phi) is 4.28. The molecule has 0 bridgehead atoms. The fraction of sp³-hybridized carbons (Fsp3) is 0.667. The Hall–Kier alpha value is -1.12. The number of nitrogens with two attached hydrogens (primary N) is 1. The highest BCUT2D eigenvalue weighted by Crippen LogP contribution is 2.42. The number of primary sulfonamides is 1. The third-order valence-corrected chi connectivity index (χ3v) is 8.51. The molecule has 0 saturated heterocycles. The molecular formula is C12H20N4O6S3. The summed E-state index contributed by atoms with van der Waals surface area (Å²) in [6.45, 7) is -7.00. The third-order valence-electron chi connectivity index (χ3n) is 3.55. The maximum Gasteiger partial charge on any atom is 0.253 e. The van der Waals surface area contributed by atoms with Crippen LogP contribution in [0.5, 0.6) is 0 Å². The highest BCUT2D eigenvalue weighted by atomic mass is 32.3. The summed E-state index contributed by atoms with van der Waals surface area (Å²) in [5.41, 5.74) is -0.264. The van der Waals surface area contributed by atoms with Crippen LogP contribution in [0.2, 0.25) is 0 Å². The highest BCUT2D eigenvalue weighted by Gasteiger charge is 2.42. The fourth-order valence-electron chi connectivity index (χ4n) is 2.41. The molecule has 13 heteroatoms. The number of thiophene rings is 1. The molecule has 142 valence electrons. The molecule has 2 heterocycles. The van der Waals surface area contributed by atoms with Crippen molar-refractivity contribution in [2.45, 2.75) is 27.7 Å². The van der Waals surface area contributed by atoms with E-state index in [1.165, 1.54) is 7.11 Å². The quantitative estimate of drug-likeness (QED) is 0.368. The lowest BCUT2D eigenvalue weighted by molar-refractivity contribution is 0.159. The molecule has 25 heavy (non-hydrogen) atoms. The van der Waals surface area contributed by atoms with E-state index in [0.717, 1.165) is 10.4 Å². The number of hydrogen-bond donors (Lipinski definition) is 1. The smallest absolute Gasteiger partial charge is 0.253 e. The van der Waals surface area contributed by atoms with E-state index in [4.69, 9.17) is 16.7 Å². The van der Waals surface area contributed by atoms with Crippen molar-refractivity contribution in [3.8, 4) is 0 Å². The molecule has 1 aromatic heterocycles. The molecular weight excluding hydrogens is 392 g/mol. The van der Waals surface area contributed by atoms with Crippen LogP contribution in [-0.4, -0.2) is 59.5 Å². The van der Waals surface area contributed by atoms with Crippen molar-refractivity contribution in [1.29, 1.82) is 0 Å². The standard InChI is InChI=1S/C12H20N4O6S3/c1-3-16(14-17)10-8-15(5-4-6-22-2)25(20,21)12-9(10)7-11(23-12)24(13,18)19/h7,10H,3-6,8H2,1-2H3,(H2,13,18,19)/t10-/m0/s1/i1D3,3D2. The van der Waals surface area contributed by atoms with E-state index < -0.39 is 54.4 Å². The van der Waals surface area contributed by atoms with E-state index in [0.29, 0.717) is 11.3 Å². The summed E-state index contributed by atoms with van der Waals surface area (Å²) in [5, 5.41) is 7.73. The maximum absolute atomic E-state index is 13.0. The molecule has 1 aliphatic rings. The van der Waals surface area contributed by atoms with Gasteiger partial charge in [-0.05, 0) is 19.3 Å². The summed E-state index contributed by atoms with van der Waals surface area (Å²) in [5.74, 6) is 0. The zero-order valence-corrected chi connectivity index (χ0v) is 15.5. The van der Waals surface area contributed by atoms with Crippen LogP contribution >= 0.6 is 11.3 Å². The van der Waals surface area contributed by atoms with Crippen molar-refractivity contribution in [2.75, 3.05) is 33.3 Å². The third kappa shape index (κ3) is 4.01. The zero-order chi connectivity index (χ0) is 23.1. The van der Waals surface area contributed by atoms with Gasteiger partial charge >= 0.3 is 0 Å². The second-order valence-electron chi connectivity index (χ2n) is 5.12. The number of likely N-dealkylation sites (N-methyl/N-ethyl adjacent to an activating group) is 1. The average molecular weight is 418 g/mol. The van der Waals surface area contributed by atoms with E-state index in [9.17, 15) is 21.7 Å². The van der Waals surface area contributed by atoms with E-state index in [1.54, 1.807) is 0 Å². The van der Waals surface area contributed by atoms with Gasteiger partial charge in [-0.1, -0.05) is 0 Å². The van der Waals surface area contributed by atoms with Crippen molar-refractivity contribution < 1.29 is 28.4 Å². The predicted octanol–water partition coefficient (Wildman–Crippen LogP) is 0.481. The van der Waals surface area contributed by atoms with Crippen molar-refractivity contribution in [1.82, 2.24) is 9.31 Å². The van der Waals surface area contributed by atoms with Crippen molar-refractivity contribution in [3.63, 3.8) is 0 Å². The molecule has 0 unspecified atom stereocenters. The van der Waals surface area contributed by atoms with Gasteiger partial charge in [0.15, 0.2) is 0 Å². The van der Waals surface area contributed by atoms with Gasteiger partial charge in [0.25, 0.3) is 10.0 Å². The van der Waals surface area contributed by atoms with Gasteiger partial charge in [-0.25, -0.2) is 22.0 Å². The van der Waals surface area contributed by atoms with Crippen molar-refractivity contribution in [2.24, 2.45) is 10.4 Å². The average Bonchev–Trinajstić information content (AvgIpc) is 3.05. The van der Waals surface area contributed by atoms with Gasteiger partial charge in [-0.3, -0.25) is 5.01 Å². The van der Waals surface area contributed by atoms with Crippen LogP contribution in [0.1, 0.15) is 31.7 Å². The summed E-state index contributed by atoms with van der Waals surface area (Å²) in [4.78, 5) is 11.5. The molecule has 2 rings (SSSR count). The molecule has 2 N–H and O–H groups in total. The number of ether oxygens (including phenoxy) is 1. The van der Waals surface area contributed by atoms with Crippen LogP contribution in [0, 0.1) is 4.91 Å². The Labute approximate surface area is 157 Å². The van der Waals surface area contributed by atoms with Gasteiger partial charge in [0.05, 0.1) is 14.1 Å². The van der Waals surface area contributed by atoms with Gasteiger partial charge in [-0.2, -0.15) is 4.31 Å². The summed E-state index contributed by atoms with van der Waals surface area (Å²) in [6, 6.07) is -0.594. The number of sulfonamides is 2. The summed E-state index contributed by atoms with van der Waals surface area (Å²) in [6.07, 6.45) is 0.242. The Morgan fingerprint density at radius 1 is 1.64 bits per heavy atom. The lowest BCUT2D eigenvalue weighted by atomic mass is 10.1. The normalized spacial score (nSPS) is 24.2. The molecule has 1 atom stereocenters. The van der Waals surface area contributed by atoms with Gasteiger partial charge in [0.2, 0.25) is 10.0 Å². The number of methoxy groups -OCH3 is 1. The number of nitrogens with zero attached hydrogens (tertiary/aromatic N) is 3. The van der Waals surface area contributed by atoms with Gasteiger partial charge in [0, 0.05) is 43.0 Å². The number of rotatable bonds is 8. The largest absolute Gasteiger partial charge is 0.385 e. The van der Waals surface area contributed by atoms with Crippen LogP contribution in [0.25, 0.3) is 0 Å².